The molecule has 3 aromatic carbocycles. The number of hydrogen-bond donors (Lipinski definition) is 0. The number of nitriles is 6. The fourth-order valence-corrected chi connectivity index (χ4v) is 6.67. The zero-order chi connectivity index (χ0) is 36.1. The van der Waals surface area contributed by atoms with Crippen molar-refractivity contribution in [1.82, 2.24) is 0 Å². The Kier molecular flexibility index (Phi) is 9.79. The molecule has 0 bridgehead atoms. The Morgan fingerprint density at radius 3 is 1.04 bits per heavy atom. The van der Waals surface area contributed by atoms with E-state index >= 15 is 17.6 Å². The predicted molar refractivity (Wildman–Crippen MR) is 167 cm³/mol. The van der Waals surface area contributed by atoms with Crippen molar-refractivity contribution < 1.29 is 35.1 Å². The first-order chi connectivity index (χ1) is 22.6. The molecule has 17 heteroatoms. The summed E-state index contributed by atoms with van der Waals surface area (Å²) in [5.74, 6) is -18.0. The van der Waals surface area contributed by atoms with E-state index < -0.39 is 102 Å². The van der Waals surface area contributed by atoms with Crippen molar-refractivity contribution in [3.05, 3.63) is 106 Å². The highest BCUT2D eigenvalue weighted by molar-refractivity contribution is 14.1. The second-order valence-electron chi connectivity index (χ2n) is 9.45. The first kappa shape index (κ1) is 35.7. The SMILES string of the molecule is Cc1c(P)c(/C(C#N)=C2\C(=C(C#N)c3c(F)c(F)c(C#N)c(F)c3F)\C2=C(/C#N)c2c(F)c(F)c(C#N)c(F)c2F)c(P)c(I)c1C#N. The van der Waals surface area contributed by atoms with Gasteiger partial charge in [0.25, 0.3) is 0 Å². The van der Waals surface area contributed by atoms with Gasteiger partial charge in [-0.2, -0.15) is 31.6 Å². The minimum Gasteiger partial charge on any atom is -0.203 e. The summed E-state index contributed by atoms with van der Waals surface area (Å²) < 4.78 is 120. The van der Waals surface area contributed by atoms with Gasteiger partial charge in [0, 0.05) is 25.9 Å². The van der Waals surface area contributed by atoms with E-state index in [-0.39, 0.29) is 30.9 Å². The molecule has 2 atom stereocenters. The van der Waals surface area contributed by atoms with Crippen LogP contribution in [-0.2, 0) is 0 Å². The van der Waals surface area contributed by atoms with Gasteiger partial charge < -0.3 is 0 Å². The van der Waals surface area contributed by atoms with Gasteiger partial charge in [-0.3, -0.25) is 0 Å². The molecule has 48 heavy (non-hydrogen) atoms. The molecule has 1 aliphatic rings. The summed E-state index contributed by atoms with van der Waals surface area (Å²) in [6.07, 6.45) is 0. The maximum Gasteiger partial charge on any atom is 0.180 e. The molecule has 0 radical (unpaired) electrons. The quantitative estimate of drug-likeness (QED) is 0.0964. The molecule has 0 saturated heterocycles. The summed E-state index contributed by atoms with van der Waals surface area (Å²) in [5, 5.41) is 58.3. The van der Waals surface area contributed by atoms with Gasteiger partial charge in [0.15, 0.2) is 46.5 Å². The molecule has 234 valence electrons. The number of benzene rings is 3. The molecule has 0 aliphatic heterocycles. The van der Waals surface area contributed by atoms with Crippen molar-refractivity contribution in [2.45, 2.75) is 6.92 Å². The van der Waals surface area contributed by atoms with E-state index in [1.165, 1.54) is 19.1 Å². The Hall–Kier alpha value is -5.15. The van der Waals surface area contributed by atoms with Crippen LogP contribution in [0.2, 0.25) is 0 Å². The Bertz CT molecular complexity index is 2080. The smallest absolute Gasteiger partial charge is 0.180 e. The van der Waals surface area contributed by atoms with Crippen LogP contribution < -0.4 is 10.6 Å². The monoisotopic (exact) mass is 804 g/mol. The third-order valence-electron chi connectivity index (χ3n) is 7.16. The zero-order valence-corrected chi connectivity index (χ0v) is 27.7. The number of allylic oxidation sites excluding steroid dienone is 6. The van der Waals surface area contributed by atoms with Crippen LogP contribution >= 0.6 is 41.1 Å². The van der Waals surface area contributed by atoms with Crippen LogP contribution in [0.1, 0.15) is 38.9 Å². The Labute approximate surface area is 283 Å². The number of nitrogens with zero attached hydrogens (tertiary/aromatic N) is 6. The summed E-state index contributed by atoms with van der Waals surface area (Å²) in [7, 11) is 4.47. The third-order valence-corrected chi connectivity index (χ3v) is 10.2. The lowest BCUT2D eigenvalue weighted by Gasteiger charge is -2.15. The summed E-state index contributed by atoms with van der Waals surface area (Å²) in [6, 6.07) is 8.08. The van der Waals surface area contributed by atoms with Gasteiger partial charge in [-0.05, 0) is 45.7 Å². The highest BCUT2D eigenvalue weighted by Crippen LogP contribution is 2.57. The van der Waals surface area contributed by atoms with E-state index in [0.29, 0.717) is 0 Å². The zero-order valence-electron chi connectivity index (χ0n) is 23.2. The molecule has 0 aromatic heterocycles. The van der Waals surface area contributed by atoms with Crippen LogP contribution in [0.5, 0.6) is 0 Å². The predicted octanol–water partition coefficient (Wildman–Crippen LogP) is 6.57. The van der Waals surface area contributed by atoms with Crippen molar-refractivity contribution in [2.24, 2.45) is 0 Å². The lowest BCUT2D eigenvalue weighted by Crippen LogP contribution is -2.20. The van der Waals surface area contributed by atoms with Gasteiger partial charge in [-0.25, -0.2) is 35.1 Å². The number of rotatable bonds is 3. The highest BCUT2D eigenvalue weighted by Gasteiger charge is 2.45. The Morgan fingerprint density at radius 2 is 0.771 bits per heavy atom. The van der Waals surface area contributed by atoms with Crippen molar-refractivity contribution in [1.29, 1.82) is 31.6 Å². The average Bonchev–Trinajstić information content (AvgIpc) is 3.78. The molecule has 1 saturated carbocycles. The molecule has 1 aliphatic carbocycles. The molecule has 0 heterocycles. The first-order valence-electron chi connectivity index (χ1n) is 12.4. The maximum absolute atomic E-state index is 15.2. The Balaban J connectivity index is 2.38. The third kappa shape index (κ3) is 5.09. The number of hydrogen-bond acceptors (Lipinski definition) is 6. The van der Waals surface area contributed by atoms with E-state index in [9.17, 15) is 38.6 Å². The first-order valence-corrected chi connectivity index (χ1v) is 14.6. The molecule has 4 rings (SSSR count). The van der Waals surface area contributed by atoms with Crippen molar-refractivity contribution in [2.75, 3.05) is 0 Å². The molecule has 0 amide bonds. The molecule has 3 aromatic rings. The second kappa shape index (κ2) is 13.2. The minimum absolute atomic E-state index is 0.0678. The largest absolute Gasteiger partial charge is 0.203 e. The molecule has 0 N–H and O–H groups in total. The van der Waals surface area contributed by atoms with E-state index in [1.807, 2.05) is 6.07 Å². The van der Waals surface area contributed by atoms with E-state index in [4.69, 9.17) is 10.5 Å². The fourth-order valence-electron chi connectivity index (χ4n) is 4.83. The fraction of sp³-hybridized carbons (Fsp3) is 0.0323. The number of halogens is 9. The molecular weight excluding hydrogens is 797 g/mol. The standard InChI is InChI=1S/C31H7F8IN6P2/c1-8-9(2-41)29(40)31(48)20(30(8)47)12(5-44)17-15(10(3-42)18-25(36)21(32)13(6-45)22(33)26(18)37)16(17)11(4-43)19-27(38)23(34)14(7-46)24(35)28(19)39/h47-48H2,1H3/b15-10-,16-11?,17-12-. The summed E-state index contributed by atoms with van der Waals surface area (Å²) in [6.45, 7) is 1.47. The molecule has 0 spiro atoms. The van der Waals surface area contributed by atoms with E-state index in [2.05, 4.69) is 18.5 Å². The molecule has 1 fully saturated rings. The summed E-state index contributed by atoms with van der Waals surface area (Å²) >= 11 is 1.75. The normalized spacial score (nSPS) is 14.9. The van der Waals surface area contributed by atoms with Crippen molar-refractivity contribution in [3.8, 4) is 36.4 Å². The van der Waals surface area contributed by atoms with E-state index in [1.54, 1.807) is 28.7 Å². The molecule has 6 nitrogen and oxygen atoms in total. The molecular formula is C31H7F8IN6P2. The van der Waals surface area contributed by atoms with Crippen LogP contribution in [0.4, 0.5) is 35.1 Å². The van der Waals surface area contributed by atoms with Gasteiger partial charge >= 0.3 is 0 Å². The topological polar surface area (TPSA) is 143 Å². The summed E-state index contributed by atoms with van der Waals surface area (Å²) in [5.41, 5.74) is -12.2. The van der Waals surface area contributed by atoms with Gasteiger partial charge in [0.1, 0.15) is 47.5 Å². The van der Waals surface area contributed by atoms with Gasteiger partial charge in [-0.15, -0.1) is 18.5 Å². The lowest BCUT2D eigenvalue weighted by atomic mass is 9.98. The van der Waals surface area contributed by atoms with Crippen LogP contribution in [0.15, 0.2) is 16.7 Å². The van der Waals surface area contributed by atoms with Crippen LogP contribution in [0.3, 0.4) is 0 Å². The maximum atomic E-state index is 15.2. The van der Waals surface area contributed by atoms with Crippen molar-refractivity contribution in [3.63, 3.8) is 0 Å². The van der Waals surface area contributed by atoms with Crippen LogP contribution in [0, 0.1) is 125 Å². The average molecular weight is 804 g/mol. The Morgan fingerprint density at radius 1 is 0.479 bits per heavy atom. The van der Waals surface area contributed by atoms with E-state index in [0.717, 1.165) is 12.1 Å². The lowest BCUT2D eigenvalue weighted by molar-refractivity contribution is 0.446. The summed E-state index contributed by atoms with van der Waals surface area (Å²) in [4.78, 5) is 0. The van der Waals surface area contributed by atoms with Gasteiger partial charge in [0.2, 0.25) is 0 Å². The van der Waals surface area contributed by atoms with Crippen molar-refractivity contribution >= 4 is 68.4 Å². The second-order valence-corrected chi connectivity index (χ2v) is 11.7. The van der Waals surface area contributed by atoms with Gasteiger partial charge in [-0.1, -0.05) is 0 Å². The van der Waals surface area contributed by atoms with Crippen LogP contribution in [-0.4, -0.2) is 0 Å². The minimum atomic E-state index is -2.27. The van der Waals surface area contributed by atoms with Gasteiger partial charge in [0.05, 0.1) is 33.4 Å². The molecule has 2 unspecified atom stereocenters. The van der Waals surface area contributed by atoms with Crippen LogP contribution in [0.25, 0.3) is 16.7 Å². The highest BCUT2D eigenvalue weighted by atomic mass is 127.